The first-order valence-electron chi connectivity index (χ1n) is 8.49. The van der Waals surface area contributed by atoms with Crippen LogP contribution in [0.2, 0.25) is 5.15 Å². The number of hydrogen-bond donors (Lipinski definition) is 2. The maximum absolute atomic E-state index is 12.5. The minimum absolute atomic E-state index is 0.00255. The Hall–Kier alpha value is -2.73. The smallest absolute Gasteiger partial charge is 0.228 e. The van der Waals surface area contributed by atoms with Gasteiger partial charge in [0.25, 0.3) is 0 Å². The minimum atomic E-state index is 0.00255. The summed E-state index contributed by atoms with van der Waals surface area (Å²) >= 11 is 5.82. The van der Waals surface area contributed by atoms with E-state index in [0.29, 0.717) is 16.9 Å². The molecular weight excluding hydrogens is 350 g/mol. The molecule has 4 rings (SSSR count). The molecule has 0 aromatic carbocycles. The molecule has 1 aliphatic carbocycles. The third-order valence-electron chi connectivity index (χ3n) is 4.94. The van der Waals surface area contributed by atoms with Crippen LogP contribution in [-0.2, 0) is 4.79 Å². The Bertz CT molecular complexity index is 917. The molecule has 3 aromatic rings. The van der Waals surface area contributed by atoms with Crippen molar-refractivity contribution in [1.82, 2.24) is 20.2 Å². The number of H-pyrrole nitrogens is 1. The molecule has 1 aliphatic rings. The van der Waals surface area contributed by atoms with E-state index in [0.717, 1.165) is 35.2 Å². The number of aromatic nitrogens is 4. The van der Waals surface area contributed by atoms with E-state index in [2.05, 4.69) is 25.5 Å². The summed E-state index contributed by atoms with van der Waals surface area (Å²) in [6, 6.07) is 7.56. The van der Waals surface area contributed by atoms with Gasteiger partial charge in [-0.2, -0.15) is 5.10 Å². The van der Waals surface area contributed by atoms with Gasteiger partial charge in [0, 0.05) is 35.6 Å². The molecule has 1 fully saturated rings. The zero-order chi connectivity index (χ0) is 18.1. The highest BCUT2D eigenvalue weighted by molar-refractivity contribution is 6.29. The average Bonchev–Trinajstić information content (AvgIpc) is 2.97. The normalized spacial score (nSPS) is 19.0. The van der Waals surface area contributed by atoms with Gasteiger partial charge in [0.05, 0.1) is 5.69 Å². The molecule has 3 aromatic heterocycles. The van der Waals surface area contributed by atoms with Crippen molar-refractivity contribution in [2.24, 2.45) is 5.92 Å². The van der Waals surface area contributed by atoms with Crippen molar-refractivity contribution < 1.29 is 4.79 Å². The number of rotatable bonds is 4. The van der Waals surface area contributed by atoms with E-state index in [4.69, 9.17) is 11.6 Å². The molecule has 132 valence electrons. The summed E-state index contributed by atoms with van der Waals surface area (Å²) in [5, 5.41) is 10.7. The molecule has 0 radical (unpaired) electrons. The van der Waals surface area contributed by atoms with Gasteiger partial charge in [0.1, 0.15) is 11.0 Å². The molecule has 26 heavy (non-hydrogen) atoms. The molecule has 0 aliphatic heterocycles. The van der Waals surface area contributed by atoms with Gasteiger partial charge in [-0.3, -0.25) is 14.9 Å². The lowest BCUT2D eigenvalue weighted by Gasteiger charge is -2.34. The predicted molar refractivity (Wildman–Crippen MR) is 99.9 cm³/mol. The van der Waals surface area contributed by atoms with Crippen molar-refractivity contribution in [2.45, 2.75) is 25.7 Å². The summed E-state index contributed by atoms with van der Waals surface area (Å²) in [6.45, 7) is 1.94. The first-order valence-corrected chi connectivity index (χ1v) is 8.87. The molecule has 0 spiro atoms. The number of nitrogens with one attached hydrogen (secondary N) is 2. The van der Waals surface area contributed by atoms with Crippen LogP contribution >= 0.6 is 11.6 Å². The summed E-state index contributed by atoms with van der Waals surface area (Å²) < 4.78 is 0. The minimum Gasteiger partial charge on any atom is -0.311 e. The van der Waals surface area contributed by atoms with Crippen molar-refractivity contribution >= 4 is 23.3 Å². The molecule has 6 nitrogen and oxygen atoms in total. The Kier molecular flexibility index (Phi) is 4.42. The number of halogens is 1. The van der Waals surface area contributed by atoms with Gasteiger partial charge in [-0.1, -0.05) is 17.7 Å². The standard InChI is InChI=1S/C19H18ClN5O/c1-11-17(12-4-6-21-7-5-12)24-25-18(11)23-19(26)15-8-14(9-15)13-2-3-16(20)22-10-13/h2-7,10,14-15H,8-9H2,1H3,(H2,23,24,25,26)/t14-,15-. The largest absolute Gasteiger partial charge is 0.311 e. The van der Waals surface area contributed by atoms with Crippen molar-refractivity contribution in [3.63, 3.8) is 0 Å². The number of amides is 1. The number of hydrogen-bond acceptors (Lipinski definition) is 4. The molecular formula is C19H18ClN5O. The van der Waals surface area contributed by atoms with E-state index in [1.807, 2.05) is 25.1 Å². The lowest BCUT2D eigenvalue weighted by atomic mass is 9.71. The van der Waals surface area contributed by atoms with Gasteiger partial charge in [-0.25, -0.2) is 4.98 Å². The maximum atomic E-state index is 12.5. The molecule has 0 unspecified atom stereocenters. The SMILES string of the molecule is Cc1c(-c2ccncc2)n[nH]c1NC(=O)[C@H]1C[C@H](c2ccc(Cl)nc2)C1. The van der Waals surface area contributed by atoms with E-state index in [9.17, 15) is 4.79 Å². The summed E-state index contributed by atoms with van der Waals surface area (Å²) in [5.74, 6) is 1.04. The fourth-order valence-corrected chi connectivity index (χ4v) is 3.38. The Morgan fingerprint density at radius 2 is 2.00 bits per heavy atom. The Morgan fingerprint density at radius 1 is 1.23 bits per heavy atom. The molecule has 0 atom stereocenters. The van der Waals surface area contributed by atoms with Crippen LogP contribution in [0.3, 0.4) is 0 Å². The topological polar surface area (TPSA) is 83.6 Å². The molecule has 0 saturated heterocycles. The van der Waals surface area contributed by atoms with Gasteiger partial charge in [0.15, 0.2) is 0 Å². The van der Waals surface area contributed by atoms with Gasteiger partial charge in [0.2, 0.25) is 5.91 Å². The fraction of sp³-hybridized carbons (Fsp3) is 0.263. The molecule has 0 bridgehead atoms. The molecule has 3 heterocycles. The second-order valence-electron chi connectivity index (χ2n) is 6.58. The van der Waals surface area contributed by atoms with Crippen LogP contribution in [0.15, 0.2) is 42.9 Å². The van der Waals surface area contributed by atoms with Gasteiger partial charge < -0.3 is 5.32 Å². The van der Waals surface area contributed by atoms with Gasteiger partial charge >= 0.3 is 0 Å². The second kappa shape index (κ2) is 6.88. The first kappa shape index (κ1) is 16.7. The van der Waals surface area contributed by atoms with Crippen LogP contribution in [0.4, 0.5) is 5.82 Å². The number of pyridine rings is 2. The van der Waals surface area contributed by atoms with E-state index in [1.54, 1.807) is 24.7 Å². The predicted octanol–water partition coefficient (Wildman–Crippen LogP) is 3.96. The summed E-state index contributed by atoms with van der Waals surface area (Å²) in [6.07, 6.45) is 6.88. The Labute approximate surface area is 156 Å². The van der Waals surface area contributed by atoms with Crippen molar-refractivity contribution in [3.8, 4) is 11.3 Å². The van der Waals surface area contributed by atoms with Crippen molar-refractivity contribution in [1.29, 1.82) is 0 Å². The summed E-state index contributed by atoms with van der Waals surface area (Å²) in [5.41, 5.74) is 3.84. The number of anilines is 1. The van der Waals surface area contributed by atoms with E-state index in [-0.39, 0.29) is 11.8 Å². The van der Waals surface area contributed by atoms with Crippen molar-refractivity contribution in [3.05, 3.63) is 59.1 Å². The highest BCUT2D eigenvalue weighted by atomic mass is 35.5. The maximum Gasteiger partial charge on any atom is 0.228 e. The fourth-order valence-electron chi connectivity index (χ4n) is 3.27. The first-order chi connectivity index (χ1) is 12.6. The number of carbonyl (C=O) groups excluding carboxylic acids is 1. The number of nitrogens with zero attached hydrogens (tertiary/aromatic N) is 3. The van der Waals surface area contributed by atoms with E-state index >= 15 is 0 Å². The quantitative estimate of drug-likeness (QED) is 0.683. The highest BCUT2D eigenvalue weighted by Crippen LogP contribution is 2.42. The summed E-state index contributed by atoms with van der Waals surface area (Å²) in [7, 11) is 0. The highest BCUT2D eigenvalue weighted by Gasteiger charge is 2.35. The van der Waals surface area contributed by atoms with Crippen LogP contribution in [0.25, 0.3) is 11.3 Å². The van der Waals surface area contributed by atoms with E-state index in [1.165, 1.54) is 0 Å². The van der Waals surface area contributed by atoms with Gasteiger partial charge in [-0.05, 0) is 49.4 Å². The monoisotopic (exact) mass is 367 g/mol. The van der Waals surface area contributed by atoms with Crippen LogP contribution in [0, 0.1) is 12.8 Å². The third-order valence-corrected chi connectivity index (χ3v) is 5.17. The molecule has 7 heteroatoms. The van der Waals surface area contributed by atoms with Crippen LogP contribution in [-0.4, -0.2) is 26.1 Å². The molecule has 1 saturated carbocycles. The van der Waals surface area contributed by atoms with E-state index < -0.39 is 0 Å². The van der Waals surface area contributed by atoms with Crippen LogP contribution in [0.5, 0.6) is 0 Å². The van der Waals surface area contributed by atoms with Gasteiger partial charge in [-0.15, -0.1) is 0 Å². The number of aromatic amines is 1. The third kappa shape index (κ3) is 3.20. The molecule has 1 amide bonds. The zero-order valence-electron chi connectivity index (χ0n) is 14.2. The Balaban J connectivity index is 1.39. The average molecular weight is 368 g/mol. The van der Waals surface area contributed by atoms with Crippen LogP contribution in [0.1, 0.15) is 29.9 Å². The molecule has 2 N–H and O–H groups in total. The summed E-state index contributed by atoms with van der Waals surface area (Å²) in [4.78, 5) is 20.6. The van der Waals surface area contributed by atoms with Crippen molar-refractivity contribution in [2.75, 3.05) is 5.32 Å². The van der Waals surface area contributed by atoms with Crippen LogP contribution < -0.4 is 5.32 Å². The lowest BCUT2D eigenvalue weighted by molar-refractivity contribution is -0.122. The second-order valence-corrected chi connectivity index (χ2v) is 6.96. The zero-order valence-corrected chi connectivity index (χ0v) is 15.0. The number of carbonyl (C=O) groups is 1. The lowest BCUT2D eigenvalue weighted by Crippen LogP contribution is -2.33. The Morgan fingerprint density at radius 3 is 2.69 bits per heavy atom.